The Morgan fingerprint density at radius 2 is 1.89 bits per heavy atom. The minimum atomic E-state index is -2.39. The molecule has 0 fully saturated rings. The molecule has 0 aliphatic carbocycles. The fourth-order valence-corrected chi connectivity index (χ4v) is 1.65. The highest BCUT2D eigenvalue weighted by Crippen LogP contribution is 2.19. The Bertz CT molecular complexity index is 382. The summed E-state index contributed by atoms with van der Waals surface area (Å²) in [5.41, 5.74) is 2.23. The first-order valence-corrected chi connectivity index (χ1v) is 6.34. The Balaban J connectivity index is 2.69. The van der Waals surface area contributed by atoms with Crippen LogP contribution in [-0.4, -0.2) is 12.6 Å². The molecule has 0 radical (unpaired) electrons. The number of benzene rings is 1. The lowest BCUT2D eigenvalue weighted by Crippen LogP contribution is -2.27. The average molecular weight is 253 g/mol. The minimum absolute atomic E-state index is 0.0713. The van der Waals surface area contributed by atoms with Gasteiger partial charge in [-0.15, -0.1) is 0 Å². The van der Waals surface area contributed by atoms with Crippen molar-refractivity contribution in [2.45, 2.75) is 39.7 Å². The molecule has 1 rings (SSSR count). The van der Waals surface area contributed by atoms with Gasteiger partial charge < -0.3 is 5.32 Å². The molecule has 0 aromatic heterocycles. The highest BCUT2D eigenvalue weighted by molar-refractivity contribution is 5.53. The van der Waals surface area contributed by atoms with Gasteiger partial charge in [-0.25, -0.2) is 8.78 Å². The summed E-state index contributed by atoms with van der Waals surface area (Å²) in [6, 6.07) is 6.73. The van der Waals surface area contributed by atoms with E-state index in [1.54, 1.807) is 12.1 Å². The van der Waals surface area contributed by atoms with Crippen molar-refractivity contribution in [1.82, 2.24) is 5.32 Å². The third kappa shape index (κ3) is 4.57. The third-order valence-electron chi connectivity index (χ3n) is 2.97. The van der Waals surface area contributed by atoms with Gasteiger partial charge in [0.25, 0.3) is 6.43 Å². The van der Waals surface area contributed by atoms with E-state index in [0.29, 0.717) is 6.04 Å². The normalized spacial score (nSPS) is 14.0. The summed E-state index contributed by atoms with van der Waals surface area (Å²) >= 11 is 0. The summed E-state index contributed by atoms with van der Waals surface area (Å²) in [5.74, 6) is 0. The molecule has 1 atom stereocenters. The second kappa shape index (κ2) is 7.27. The summed E-state index contributed by atoms with van der Waals surface area (Å²) in [5, 5.41) is 3.39. The fourth-order valence-electron chi connectivity index (χ4n) is 1.65. The van der Waals surface area contributed by atoms with E-state index in [1.165, 1.54) is 17.7 Å². The molecule has 0 heterocycles. The molecule has 0 aliphatic rings. The molecule has 1 unspecified atom stereocenters. The van der Waals surface area contributed by atoms with E-state index in [2.05, 4.69) is 19.2 Å². The highest BCUT2D eigenvalue weighted by Gasteiger charge is 2.06. The molecule has 0 saturated heterocycles. The Kier molecular flexibility index (Phi) is 5.99. The van der Waals surface area contributed by atoms with Crippen LogP contribution >= 0.6 is 0 Å². The number of hydrogen-bond acceptors (Lipinski definition) is 1. The Morgan fingerprint density at radius 1 is 1.28 bits per heavy atom. The molecule has 0 bridgehead atoms. The number of hydrogen-bond donors (Lipinski definition) is 1. The second-order valence-electron chi connectivity index (χ2n) is 4.53. The van der Waals surface area contributed by atoms with E-state index >= 15 is 0 Å². The maximum absolute atomic E-state index is 12.4. The van der Waals surface area contributed by atoms with Crippen LogP contribution in [0, 0.1) is 0 Å². The van der Waals surface area contributed by atoms with Crippen LogP contribution in [-0.2, 0) is 0 Å². The zero-order chi connectivity index (χ0) is 13.5. The van der Waals surface area contributed by atoms with Crippen molar-refractivity contribution in [3.8, 4) is 0 Å². The molecular formula is C15H21F2N. The molecule has 1 nitrogen and oxygen atoms in total. The van der Waals surface area contributed by atoms with Gasteiger partial charge in [0.15, 0.2) is 0 Å². The highest BCUT2D eigenvalue weighted by atomic mass is 19.3. The van der Waals surface area contributed by atoms with Crippen LogP contribution < -0.4 is 5.32 Å². The number of halogens is 2. The molecule has 0 spiro atoms. The van der Waals surface area contributed by atoms with Crippen LogP contribution in [0.1, 0.15) is 44.7 Å². The molecule has 1 aromatic rings. The zero-order valence-corrected chi connectivity index (χ0v) is 11.2. The van der Waals surface area contributed by atoms with E-state index in [-0.39, 0.29) is 5.56 Å². The van der Waals surface area contributed by atoms with Crippen LogP contribution in [0.15, 0.2) is 29.8 Å². The van der Waals surface area contributed by atoms with Crippen molar-refractivity contribution in [3.63, 3.8) is 0 Å². The molecule has 0 aliphatic heterocycles. The lowest BCUT2D eigenvalue weighted by Gasteiger charge is -2.14. The topological polar surface area (TPSA) is 12.0 Å². The van der Waals surface area contributed by atoms with Gasteiger partial charge in [-0.3, -0.25) is 0 Å². The Hall–Kier alpha value is -1.22. The third-order valence-corrected chi connectivity index (χ3v) is 2.97. The van der Waals surface area contributed by atoms with Gasteiger partial charge in [-0.05, 0) is 32.4 Å². The number of alkyl halides is 2. The lowest BCUT2D eigenvalue weighted by atomic mass is 10.1. The zero-order valence-electron chi connectivity index (χ0n) is 11.2. The molecule has 100 valence electrons. The van der Waals surface area contributed by atoms with E-state index in [4.69, 9.17) is 0 Å². The molecule has 0 amide bonds. The maximum atomic E-state index is 12.4. The molecule has 0 saturated carbocycles. The van der Waals surface area contributed by atoms with E-state index < -0.39 is 6.43 Å². The summed E-state index contributed by atoms with van der Waals surface area (Å²) < 4.78 is 24.8. The molecule has 1 N–H and O–H groups in total. The van der Waals surface area contributed by atoms with Crippen LogP contribution in [0.2, 0.25) is 0 Å². The number of nitrogens with one attached hydrogen (secondary N) is 1. The van der Waals surface area contributed by atoms with Crippen LogP contribution in [0.3, 0.4) is 0 Å². The largest absolute Gasteiger partial charge is 0.311 e. The first kappa shape index (κ1) is 14.8. The van der Waals surface area contributed by atoms with Crippen molar-refractivity contribution in [1.29, 1.82) is 0 Å². The quantitative estimate of drug-likeness (QED) is 0.791. The monoisotopic (exact) mass is 253 g/mol. The van der Waals surface area contributed by atoms with Gasteiger partial charge in [0, 0.05) is 11.6 Å². The van der Waals surface area contributed by atoms with Gasteiger partial charge >= 0.3 is 0 Å². The molecule has 18 heavy (non-hydrogen) atoms. The first-order chi connectivity index (χ1) is 8.54. The van der Waals surface area contributed by atoms with Crippen LogP contribution in [0.4, 0.5) is 8.78 Å². The molecular weight excluding hydrogens is 232 g/mol. The predicted octanol–water partition coefficient (Wildman–Crippen LogP) is 4.42. The summed E-state index contributed by atoms with van der Waals surface area (Å²) in [6.07, 6.45) is 0.734. The molecule has 1 aromatic carbocycles. The first-order valence-electron chi connectivity index (χ1n) is 6.34. The average Bonchev–Trinajstić information content (AvgIpc) is 2.36. The van der Waals surface area contributed by atoms with E-state index in [0.717, 1.165) is 18.5 Å². The van der Waals surface area contributed by atoms with Gasteiger partial charge in [-0.2, -0.15) is 0 Å². The Morgan fingerprint density at radius 3 is 2.39 bits per heavy atom. The fraction of sp³-hybridized carbons (Fsp3) is 0.467. The van der Waals surface area contributed by atoms with E-state index in [1.807, 2.05) is 13.0 Å². The van der Waals surface area contributed by atoms with Crippen molar-refractivity contribution in [3.05, 3.63) is 41.0 Å². The van der Waals surface area contributed by atoms with Crippen molar-refractivity contribution >= 4 is 6.08 Å². The number of rotatable bonds is 6. The maximum Gasteiger partial charge on any atom is 0.263 e. The summed E-state index contributed by atoms with van der Waals surface area (Å²) in [6.45, 7) is 7.27. The van der Waals surface area contributed by atoms with Gasteiger partial charge in [0.2, 0.25) is 0 Å². The van der Waals surface area contributed by atoms with Crippen LogP contribution in [0.5, 0.6) is 0 Å². The van der Waals surface area contributed by atoms with Gasteiger partial charge in [0.05, 0.1) is 0 Å². The van der Waals surface area contributed by atoms with Crippen molar-refractivity contribution in [2.24, 2.45) is 0 Å². The van der Waals surface area contributed by atoms with Crippen molar-refractivity contribution in [2.75, 3.05) is 6.54 Å². The van der Waals surface area contributed by atoms with E-state index in [9.17, 15) is 8.78 Å². The molecule has 3 heteroatoms. The predicted molar refractivity (Wildman–Crippen MR) is 72.8 cm³/mol. The lowest BCUT2D eigenvalue weighted by molar-refractivity contribution is 0.151. The standard InChI is InChI=1S/C15H21F2N/c1-4-9-18-12(3)11(2)10-13-5-7-14(8-6-13)15(16)17/h5-8,10,12,15,18H,4,9H2,1-3H3/b11-10+. The van der Waals surface area contributed by atoms with Gasteiger partial charge in [0.1, 0.15) is 0 Å². The summed E-state index contributed by atoms with van der Waals surface area (Å²) in [4.78, 5) is 0. The SMILES string of the molecule is CCCNC(C)/C(C)=C/c1ccc(C(F)F)cc1. The van der Waals surface area contributed by atoms with Gasteiger partial charge in [-0.1, -0.05) is 42.8 Å². The smallest absolute Gasteiger partial charge is 0.263 e. The Labute approximate surface area is 108 Å². The minimum Gasteiger partial charge on any atom is -0.311 e. The summed E-state index contributed by atoms with van der Waals surface area (Å²) in [7, 11) is 0. The van der Waals surface area contributed by atoms with Crippen molar-refractivity contribution < 1.29 is 8.78 Å². The second-order valence-corrected chi connectivity index (χ2v) is 4.53. The van der Waals surface area contributed by atoms with Crippen LogP contribution in [0.25, 0.3) is 6.08 Å².